The summed E-state index contributed by atoms with van der Waals surface area (Å²) in [4.78, 5) is 18.8. The lowest BCUT2D eigenvalue weighted by atomic mass is 10.0. The van der Waals surface area contributed by atoms with Gasteiger partial charge in [0.25, 0.3) is 5.91 Å². The lowest BCUT2D eigenvalue weighted by Crippen LogP contribution is -2.31. The van der Waals surface area contributed by atoms with Crippen molar-refractivity contribution in [2.24, 2.45) is 5.92 Å². The maximum atomic E-state index is 12.5. The molecule has 1 saturated heterocycles. The predicted octanol–water partition coefficient (Wildman–Crippen LogP) is 2.09. The number of carbonyl (C=O) groups is 1. The molecule has 3 rings (SSSR count). The van der Waals surface area contributed by atoms with Crippen LogP contribution in [0.5, 0.6) is 5.75 Å². The van der Waals surface area contributed by atoms with Crippen molar-refractivity contribution in [1.29, 1.82) is 0 Å². The molecule has 1 amide bonds. The van der Waals surface area contributed by atoms with Gasteiger partial charge in [-0.15, -0.1) is 0 Å². The topological polar surface area (TPSA) is 62.7 Å². The minimum atomic E-state index is -0.380. The van der Waals surface area contributed by atoms with E-state index in [1.807, 2.05) is 24.3 Å². The van der Waals surface area contributed by atoms with Crippen LogP contribution >= 0.6 is 0 Å². The molecule has 0 radical (unpaired) electrons. The van der Waals surface area contributed by atoms with Crippen LogP contribution in [0.15, 0.2) is 30.3 Å². The number of nitrogens with zero attached hydrogens (tertiary/aromatic N) is 2. The Bertz CT molecular complexity index is 699. The van der Waals surface area contributed by atoms with Gasteiger partial charge in [-0.2, -0.15) is 0 Å². The number of likely N-dealkylation sites (tertiary alicyclic amines) is 1. The summed E-state index contributed by atoms with van der Waals surface area (Å²) in [5, 5.41) is 10.6. The second kappa shape index (κ2) is 5.93. The molecule has 1 N–H and O–H groups in total. The first-order valence-corrected chi connectivity index (χ1v) is 7.50. The summed E-state index contributed by atoms with van der Waals surface area (Å²) in [6.45, 7) is 3.05. The van der Waals surface area contributed by atoms with Gasteiger partial charge in [-0.25, -0.2) is 4.98 Å². The van der Waals surface area contributed by atoms with E-state index in [0.717, 1.165) is 23.1 Å². The highest BCUT2D eigenvalue weighted by Crippen LogP contribution is 2.23. The van der Waals surface area contributed by atoms with Crippen LogP contribution in [0.1, 0.15) is 23.8 Å². The molecular weight excluding hydrogens is 280 g/mol. The maximum Gasteiger partial charge on any atom is 0.272 e. The van der Waals surface area contributed by atoms with Crippen molar-refractivity contribution in [3.05, 3.63) is 36.0 Å². The molecule has 0 bridgehead atoms. The van der Waals surface area contributed by atoms with Gasteiger partial charge in [0.2, 0.25) is 0 Å². The number of hydrogen-bond acceptors (Lipinski definition) is 4. The first-order valence-electron chi connectivity index (χ1n) is 7.50. The average molecular weight is 300 g/mol. The van der Waals surface area contributed by atoms with Crippen molar-refractivity contribution in [1.82, 2.24) is 9.88 Å². The number of rotatable bonds is 3. The van der Waals surface area contributed by atoms with Crippen LogP contribution in [-0.4, -0.2) is 47.2 Å². The number of fused-ring (bicyclic) bond motifs is 1. The third-order valence-corrected chi connectivity index (χ3v) is 4.31. The van der Waals surface area contributed by atoms with Gasteiger partial charge in [-0.05, 0) is 37.6 Å². The Kier molecular flexibility index (Phi) is 3.98. The standard InChI is InChI=1S/C17H20N2O3/c1-11(20)13-7-8-19(10-13)17(21)16-5-3-12-9-14(22-2)4-6-15(12)18-16/h3-6,9,11,13,20H,7-8,10H2,1-2H3. The molecule has 2 unspecified atom stereocenters. The number of hydrogen-bond donors (Lipinski definition) is 1. The number of methoxy groups -OCH3 is 1. The molecule has 1 aromatic carbocycles. The van der Waals surface area contributed by atoms with Gasteiger partial charge in [0.05, 0.1) is 18.7 Å². The Hall–Kier alpha value is -2.14. The summed E-state index contributed by atoms with van der Waals surface area (Å²) < 4.78 is 5.19. The number of pyridine rings is 1. The van der Waals surface area contributed by atoms with E-state index in [9.17, 15) is 9.90 Å². The van der Waals surface area contributed by atoms with Gasteiger partial charge in [-0.1, -0.05) is 6.07 Å². The highest BCUT2D eigenvalue weighted by Gasteiger charge is 2.30. The molecule has 1 aromatic heterocycles. The fourth-order valence-electron chi connectivity index (χ4n) is 2.88. The minimum Gasteiger partial charge on any atom is -0.497 e. The number of aliphatic hydroxyl groups excluding tert-OH is 1. The van der Waals surface area contributed by atoms with Crippen molar-refractivity contribution in [3.63, 3.8) is 0 Å². The molecule has 1 aliphatic heterocycles. The van der Waals surface area contributed by atoms with E-state index in [2.05, 4.69) is 4.98 Å². The Labute approximate surface area is 129 Å². The Morgan fingerprint density at radius 2 is 2.23 bits per heavy atom. The predicted molar refractivity (Wildman–Crippen MR) is 84.0 cm³/mol. The van der Waals surface area contributed by atoms with Crippen molar-refractivity contribution < 1.29 is 14.6 Å². The zero-order valence-corrected chi connectivity index (χ0v) is 12.8. The maximum absolute atomic E-state index is 12.5. The normalized spacial score (nSPS) is 19.4. The summed E-state index contributed by atoms with van der Waals surface area (Å²) >= 11 is 0. The van der Waals surface area contributed by atoms with Crippen LogP contribution in [0.3, 0.4) is 0 Å². The van der Waals surface area contributed by atoms with E-state index >= 15 is 0 Å². The number of aliphatic hydroxyl groups is 1. The van der Waals surface area contributed by atoms with Crippen LogP contribution in [0, 0.1) is 5.92 Å². The third-order valence-electron chi connectivity index (χ3n) is 4.31. The Morgan fingerprint density at radius 1 is 1.41 bits per heavy atom. The van der Waals surface area contributed by atoms with Crippen LogP contribution in [0.25, 0.3) is 10.9 Å². The highest BCUT2D eigenvalue weighted by atomic mass is 16.5. The molecule has 1 aliphatic rings. The molecule has 1 fully saturated rings. The second-order valence-electron chi connectivity index (χ2n) is 5.80. The number of amides is 1. The van der Waals surface area contributed by atoms with Crippen LogP contribution in [-0.2, 0) is 0 Å². The molecular formula is C17H20N2O3. The number of benzene rings is 1. The van der Waals surface area contributed by atoms with E-state index < -0.39 is 0 Å². The van der Waals surface area contributed by atoms with E-state index in [1.54, 1.807) is 25.0 Å². The Morgan fingerprint density at radius 3 is 2.91 bits per heavy atom. The summed E-state index contributed by atoms with van der Waals surface area (Å²) in [6, 6.07) is 9.23. The largest absolute Gasteiger partial charge is 0.497 e. The molecule has 0 aliphatic carbocycles. The first-order chi connectivity index (χ1) is 10.6. The van der Waals surface area contributed by atoms with Crippen LogP contribution in [0.4, 0.5) is 0 Å². The van der Waals surface area contributed by atoms with E-state index in [4.69, 9.17) is 4.74 Å². The quantitative estimate of drug-likeness (QED) is 0.943. The van der Waals surface area contributed by atoms with Crippen molar-refractivity contribution in [2.75, 3.05) is 20.2 Å². The minimum absolute atomic E-state index is 0.0686. The van der Waals surface area contributed by atoms with E-state index in [0.29, 0.717) is 18.8 Å². The molecule has 116 valence electrons. The summed E-state index contributed by atoms with van der Waals surface area (Å²) in [7, 11) is 1.62. The highest BCUT2D eigenvalue weighted by molar-refractivity contribution is 5.95. The first kappa shape index (κ1) is 14.8. The molecule has 0 saturated carbocycles. The molecule has 5 heteroatoms. The molecule has 2 atom stereocenters. The molecule has 2 aromatic rings. The number of ether oxygens (including phenoxy) is 1. The zero-order chi connectivity index (χ0) is 15.7. The summed E-state index contributed by atoms with van der Waals surface area (Å²) in [5.74, 6) is 0.863. The SMILES string of the molecule is COc1ccc2nc(C(=O)N3CCC(C(C)O)C3)ccc2c1. The molecule has 5 nitrogen and oxygen atoms in total. The monoisotopic (exact) mass is 300 g/mol. The summed E-state index contributed by atoms with van der Waals surface area (Å²) in [6.07, 6.45) is 0.462. The van der Waals surface area contributed by atoms with Gasteiger partial charge in [0, 0.05) is 24.4 Å². The fraction of sp³-hybridized carbons (Fsp3) is 0.412. The van der Waals surface area contributed by atoms with Gasteiger partial charge in [-0.3, -0.25) is 4.79 Å². The second-order valence-corrected chi connectivity index (χ2v) is 5.80. The number of carbonyl (C=O) groups excluding carboxylic acids is 1. The zero-order valence-electron chi connectivity index (χ0n) is 12.8. The van der Waals surface area contributed by atoms with Crippen molar-refractivity contribution in [3.8, 4) is 5.75 Å². The van der Waals surface area contributed by atoms with E-state index in [1.165, 1.54) is 0 Å². The van der Waals surface area contributed by atoms with Crippen LogP contribution < -0.4 is 4.74 Å². The molecule has 22 heavy (non-hydrogen) atoms. The van der Waals surface area contributed by atoms with Gasteiger partial charge < -0.3 is 14.7 Å². The van der Waals surface area contributed by atoms with Crippen molar-refractivity contribution >= 4 is 16.8 Å². The van der Waals surface area contributed by atoms with E-state index in [-0.39, 0.29) is 17.9 Å². The van der Waals surface area contributed by atoms with Crippen molar-refractivity contribution in [2.45, 2.75) is 19.4 Å². The third kappa shape index (κ3) is 2.76. The molecule has 2 heterocycles. The van der Waals surface area contributed by atoms with Gasteiger partial charge in [0.1, 0.15) is 11.4 Å². The Balaban J connectivity index is 1.83. The molecule has 0 spiro atoms. The smallest absolute Gasteiger partial charge is 0.272 e. The number of aromatic nitrogens is 1. The fourth-order valence-corrected chi connectivity index (χ4v) is 2.88. The van der Waals surface area contributed by atoms with Gasteiger partial charge in [0.15, 0.2) is 0 Å². The van der Waals surface area contributed by atoms with Crippen LogP contribution in [0.2, 0.25) is 0 Å². The lowest BCUT2D eigenvalue weighted by Gasteiger charge is -2.17. The lowest BCUT2D eigenvalue weighted by molar-refractivity contribution is 0.0757. The summed E-state index contributed by atoms with van der Waals surface area (Å²) in [5.41, 5.74) is 1.22. The average Bonchev–Trinajstić information content (AvgIpc) is 3.03. The van der Waals surface area contributed by atoms with Gasteiger partial charge >= 0.3 is 0 Å².